The van der Waals surface area contributed by atoms with Crippen molar-refractivity contribution in [2.24, 2.45) is 5.41 Å². The van der Waals surface area contributed by atoms with Gasteiger partial charge >= 0.3 is 0 Å². The van der Waals surface area contributed by atoms with Crippen LogP contribution in [0.3, 0.4) is 0 Å². The second-order valence-corrected chi connectivity index (χ2v) is 8.54. The lowest BCUT2D eigenvalue weighted by Crippen LogP contribution is -2.45. The second-order valence-electron chi connectivity index (χ2n) is 8.54. The van der Waals surface area contributed by atoms with Crippen molar-refractivity contribution in [1.82, 2.24) is 15.1 Å². The van der Waals surface area contributed by atoms with Crippen LogP contribution in [0, 0.1) is 17.3 Å². The van der Waals surface area contributed by atoms with Gasteiger partial charge < -0.3 is 19.5 Å². The molecule has 2 aliphatic rings. The molecule has 33 heavy (non-hydrogen) atoms. The van der Waals surface area contributed by atoms with E-state index in [9.17, 15) is 14.4 Å². The number of carbonyl (C=O) groups is 3. The number of piperidine rings is 1. The molecule has 2 aromatic rings. The molecule has 0 saturated carbocycles. The van der Waals surface area contributed by atoms with Crippen molar-refractivity contribution in [2.75, 3.05) is 32.7 Å². The molecule has 0 atom stereocenters. The Morgan fingerprint density at radius 3 is 2.42 bits per heavy atom. The maximum atomic E-state index is 12.6. The van der Waals surface area contributed by atoms with E-state index in [2.05, 4.69) is 17.2 Å². The summed E-state index contributed by atoms with van der Waals surface area (Å²) in [7, 11) is 0. The van der Waals surface area contributed by atoms with E-state index in [1.165, 1.54) is 12.3 Å². The highest BCUT2D eigenvalue weighted by Gasteiger charge is 2.42. The van der Waals surface area contributed by atoms with E-state index < -0.39 is 0 Å². The van der Waals surface area contributed by atoms with Gasteiger partial charge in [0, 0.05) is 43.7 Å². The van der Waals surface area contributed by atoms with Crippen molar-refractivity contribution in [2.45, 2.75) is 19.3 Å². The lowest BCUT2D eigenvalue weighted by atomic mass is 9.78. The van der Waals surface area contributed by atoms with Gasteiger partial charge in [-0.1, -0.05) is 24.1 Å². The highest BCUT2D eigenvalue weighted by atomic mass is 16.3. The third-order valence-electron chi connectivity index (χ3n) is 6.35. The van der Waals surface area contributed by atoms with Crippen molar-refractivity contribution in [3.8, 4) is 11.8 Å². The third-order valence-corrected chi connectivity index (χ3v) is 6.35. The van der Waals surface area contributed by atoms with Gasteiger partial charge in [0.1, 0.15) is 5.76 Å². The number of nitrogens with one attached hydrogen (secondary N) is 1. The van der Waals surface area contributed by atoms with Crippen molar-refractivity contribution < 1.29 is 18.8 Å². The number of hydrogen-bond donors (Lipinski definition) is 1. The first kappa shape index (κ1) is 22.4. The summed E-state index contributed by atoms with van der Waals surface area (Å²) in [4.78, 5) is 40.6. The molecule has 2 aliphatic heterocycles. The monoisotopic (exact) mass is 445 g/mol. The predicted octanol–water partition coefficient (Wildman–Crippen LogP) is 2.30. The maximum Gasteiger partial charge on any atom is 0.298 e. The van der Waals surface area contributed by atoms with Gasteiger partial charge in [-0.2, -0.15) is 0 Å². The van der Waals surface area contributed by atoms with Crippen molar-refractivity contribution in [3.05, 3.63) is 66.1 Å². The molecule has 170 valence electrons. The Labute approximate surface area is 193 Å². The molecule has 1 aromatic carbocycles. The first-order valence-electron chi connectivity index (χ1n) is 11.2. The molecular formula is C26H27N3O4. The van der Waals surface area contributed by atoms with Gasteiger partial charge in [0.05, 0.1) is 12.8 Å². The smallest absolute Gasteiger partial charge is 0.298 e. The summed E-state index contributed by atoms with van der Waals surface area (Å²) in [5.74, 6) is 5.68. The van der Waals surface area contributed by atoms with E-state index in [1.54, 1.807) is 23.1 Å². The molecular weight excluding hydrogens is 418 g/mol. The molecule has 4 rings (SSSR count). The van der Waals surface area contributed by atoms with Crippen LogP contribution in [0.4, 0.5) is 0 Å². The van der Waals surface area contributed by atoms with Crippen LogP contribution in [0.1, 0.15) is 30.6 Å². The van der Waals surface area contributed by atoms with Crippen LogP contribution in [0.2, 0.25) is 0 Å². The van der Waals surface area contributed by atoms with E-state index in [0.29, 0.717) is 31.9 Å². The molecule has 0 bridgehead atoms. The zero-order chi connectivity index (χ0) is 23.1. The summed E-state index contributed by atoms with van der Waals surface area (Å²) >= 11 is 0. The summed E-state index contributed by atoms with van der Waals surface area (Å²) in [6.07, 6.45) is 7.07. The first-order valence-corrected chi connectivity index (χ1v) is 11.2. The number of hydrogen-bond acceptors (Lipinski definition) is 4. The minimum Gasteiger partial charge on any atom is -0.465 e. The molecule has 3 amide bonds. The number of furan rings is 1. The topological polar surface area (TPSA) is 82.9 Å². The van der Waals surface area contributed by atoms with Gasteiger partial charge in [0.25, 0.3) is 5.91 Å². The number of amides is 3. The Balaban J connectivity index is 1.22. The normalized spacial score (nSPS) is 17.1. The number of benzene rings is 1. The van der Waals surface area contributed by atoms with Gasteiger partial charge in [0.2, 0.25) is 11.8 Å². The van der Waals surface area contributed by atoms with E-state index in [4.69, 9.17) is 4.42 Å². The van der Waals surface area contributed by atoms with E-state index in [1.807, 2.05) is 35.2 Å². The number of carbonyl (C=O) groups excluding carboxylic acids is 3. The average Bonchev–Trinajstić information content (AvgIpc) is 3.51. The third kappa shape index (κ3) is 5.92. The first-order chi connectivity index (χ1) is 16.0. The zero-order valence-corrected chi connectivity index (χ0v) is 18.5. The molecule has 1 aromatic heterocycles. The Morgan fingerprint density at radius 1 is 1.00 bits per heavy atom. The summed E-state index contributed by atoms with van der Waals surface area (Å²) in [6, 6.07) is 13.0. The fourth-order valence-electron chi connectivity index (χ4n) is 4.34. The number of nitrogens with zero attached hydrogens (tertiary/aromatic N) is 2. The predicted molar refractivity (Wildman–Crippen MR) is 124 cm³/mol. The van der Waals surface area contributed by atoms with E-state index in [-0.39, 0.29) is 29.7 Å². The SMILES string of the molecule is O=C(C=Cc1ccco1)NCC(=O)N1CCC2(CCN(C(=O)C#Cc3ccccc3)CC2)C1. The molecule has 1 N–H and O–H groups in total. The molecule has 0 radical (unpaired) electrons. The lowest BCUT2D eigenvalue weighted by Gasteiger charge is -2.38. The zero-order valence-electron chi connectivity index (χ0n) is 18.5. The highest BCUT2D eigenvalue weighted by molar-refractivity contribution is 5.94. The summed E-state index contributed by atoms with van der Waals surface area (Å²) in [5.41, 5.74) is 0.871. The molecule has 3 heterocycles. The lowest BCUT2D eigenvalue weighted by molar-refractivity contribution is -0.132. The van der Waals surface area contributed by atoms with Crippen LogP contribution in [0.15, 0.2) is 59.2 Å². The van der Waals surface area contributed by atoms with Crippen molar-refractivity contribution in [3.63, 3.8) is 0 Å². The van der Waals surface area contributed by atoms with Crippen molar-refractivity contribution >= 4 is 23.8 Å². The average molecular weight is 446 g/mol. The summed E-state index contributed by atoms with van der Waals surface area (Å²) in [5, 5.41) is 2.64. The summed E-state index contributed by atoms with van der Waals surface area (Å²) in [6.45, 7) is 2.62. The van der Waals surface area contributed by atoms with Crippen LogP contribution >= 0.6 is 0 Å². The standard InChI is InChI=1S/C26H27N3O4/c30-23(10-9-22-7-4-18-33-22)27-19-25(32)29-17-14-26(20-29)12-15-28(16-13-26)24(31)11-8-21-5-2-1-3-6-21/h1-7,9-10,18H,12-17,19-20H2,(H,27,30). The second kappa shape index (κ2) is 10.2. The van der Waals surface area contributed by atoms with Gasteiger partial charge in [-0.05, 0) is 55.0 Å². The van der Waals surface area contributed by atoms with Crippen LogP contribution < -0.4 is 5.32 Å². The van der Waals surface area contributed by atoms with E-state index in [0.717, 1.165) is 24.8 Å². The molecule has 1 spiro atoms. The highest BCUT2D eigenvalue weighted by Crippen LogP contribution is 2.40. The van der Waals surface area contributed by atoms with Crippen LogP contribution in [0.5, 0.6) is 0 Å². The molecule has 0 unspecified atom stereocenters. The molecule has 2 saturated heterocycles. The van der Waals surface area contributed by atoms with E-state index >= 15 is 0 Å². The van der Waals surface area contributed by atoms with Crippen LogP contribution in [0.25, 0.3) is 6.08 Å². The van der Waals surface area contributed by atoms with Gasteiger partial charge in [-0.15, -0.1) is 0 Å². The van der Waals surface area contributed by atoms with Crippen LogP contribution in [-0.2, 0) is 14.4 Å². The van der Waals surface area contributed by atoms with Gasteiger partial charge in [-0.25, -0.2) is 0 Å². The largest absolute Gasteiger partial charge is 0.465 e. The van der Waals surface area contributed by atoms with Gasteiger partial charge in [0.15, 0.2) is 0 Å². The number of likely N-dealkylation sites (tertiary alicyclic amines) is 2. The summed E-state index contributed by atoms with van der Waals surface area (Å²) < 4.78 is 5.14. The minimum absolute atomic E-state index is 0.0307. The maximum absolute atomic E-state index is 12.6. The van der Waals surface area contributed by atoms with Crippen molar-refractivity contribution in [1.29, 1.82) is 0 Å². The van der Waals surface area contributed by atoms with Gasteiger partial charge in [-0.3, -0.25) is 14.4 Å². The fraction of sp³-hybridized carbons (Fsp3) is 0.346. The Bertz CT molecular complexity index is 1070. The quantitative estimate of drug-likeness (QED) is 0.578. The number of rotatable bonds is 4. The molecule has 2 fully saturated rings. The Morgan fingerprint density at radius 2 is 1.73 bits per heavy atom. The minimum atomic E-state index is -0.336. The van der Waals surface area contributed by atoms with Crippen LogP contribution in [-0.4, -0.2) is 60.2 Å². The molecule has 0 aliphatic carbocycles. The Hall–Kier alpha value is -3.79. The Kier molecular flexibility index (Phi) is 6.94. The molecule has 7 heteroatoms. The molecule has 7 nitrogen and oxygen atoms in total. The fourth-order valence-corrected chi connectivity index (χ4v) is 4.34.